The van der Waals surface area contributed by atoms with Crippen molar-refractivity contribution in [3.8, 4) is 28.6 Å². The van der Waals surface area contributed by atoms with Gasteiger partial charge in [0.2, 0.25) is 0 Å². The Balaban J connectivity index is 1.42. The largest absolute Gasteiger partial charge is 0.309 e. The van der Waals surface area contributed by atoms with E-state index in [1.54, 1.807) is 0 Å². The highest BCUT2D eigenvalue weighted by atomic mass is 15.0. The van der Waals surface area contributed by atoms with Gasteiger partial charge in [0.1, 0.15) is 0 Å². The van der Waals surface area contributed by atoms with Gasteiger partial charge in [-0.05, 0) is 84.3 Å². The van der Waals surface area contributed by atoms with E-state index in [2.05, 4.69) is 143 Å². The third kappa shape index (κ3) is 3.45. The summed E-state index contributed by atoms with van der Waals surface area (Å²) >= 11 is 0. The molecule has 0 radical (unpaired) electrons. The van der Waals surface area contributed by atoms with E-state index < -0.39 is 0 Å². The number of rotatable bonds is 3. The van der Waals surface area contributed by atoms with Gasteiger partial charge in [-0.1, -0.05) is 72.8 Å². The molecule has 0 saturated carbocycles. The molecule has 0 atom stereocenters. The normalized spacial score (nSPS) is 11.5. The second-order valence-corrected chi connectivity index (χ2v) is 10.6. The molecular weight excluding hydrogens is 498 g/mol. The third-order valence-corrected chi connectivity index (χ3v) is 8.26. The molecule has 0 saturated heterocycles. The third-order valence-electron chi connectivity index (χ3n) is 8.26. The summed E-state index contributed by atoms with van der Waals surface area (Å²) in [5, 5.41) is 14.4. The Bertz CT molecular complexity index is 2330. The first-order valence-electron chi connectivity index (χ1n) is 13.9. The first-order chi connectivity index (χ1) is 20.2. The molecule has 6 aromatic carbocycles. The van der Waals surface area contributed by atoms with Crippen LogP contribution in [0.2, 0.25) is 0 Å². The number of aryl methyl sites for hydroxylation is 1. The van der Waals surface area contributed by atoms with Crippen LogP contribution in [-0.2, 0) is 0 Å². The van der Waals surface area contributed by atoms with Crippen molar-refractivity contribution in [2.24, 2.45) is 0 Å². The second kappa shape index (κ2) is 8.98. The van der Waals surface area contributed by atoms with Crippen molar-refractivity contribution in [2.75, 3.05) is 0 Å². The van der Waals surface area contributed by atoms with E-state index in [0.717, 1.165) is 28.0 Å². The number of fused-ring (bicyclic) bond motifs is 6. The molecule has 2 heterocycles. The van der Waals surface area contributed by atoms with E-state index >= 15 is 0 Å². The lowest BCUT2D eigenvalue weighted by atomic mass is 9.98. The number of nitriles is 1. The predicted molar refractivity (Wildman–Crippen MR) is 170 cm³/mol. The molecule has 3 heteroatoms. The van der Waals surface area contributed by atoms with E-state index in [-0.39, 0.29) is 0 Å². The van der Waals surface area contributed by atoms with Crippen LogP contribution < -0.4 is 0 Å². The van der Waals surface area contributed by atoms with Crippen molar-refractivity contribution in [3.63, 3.8) is 0 Å². The molecule has 3 nitrogen and oxygen atoms in total. The topological polar surface area (TPSA) is 33.6 Å². The fourth-order valence-corrected chi connectivity index (χ4v) is 6.49. The van der Waals surface area contributed by atoms with Crippen LogP contribution in [0.15, 0.2) is 133 Å². The van der Waals surface area contributed by atoms with Crippen LogP contribution in [0.4, 0.5) is 0 Å². The van der Waals surface area contributed by atoms with Crippen LogP contribution >= 0.6 is 0 Å². The molecule has 192 valence electrons. The van der Waals surface area contributed by atoms with Gasteiger partial charge in [-0.3, -0.25) is 0 Å². The van der Waals surface area contributed by atoms with Crippen molar-refractivity contribution < 1.29 is 0 Å². The zero-order valence-electron chi connectivity index (χ0n) is 22.5. The van der Waals surface area contributed by atoms with Gasteiger partial charge in [0, 0.05) is 32.9 Å². The number of hydrogen-bond acceptors (Lipinski definition) is 1. The summed E-state index contributed by atoms with van der Waals surface area (Å²) in [4.78, 5) is 0. The van der Waals surface area contributed by atoms with E-state index in [0.29, 0.717) is 5.56 Å². The summed E-state index contributed by atoms with van der Waals surface area (Å²) in [6.07, 6.45) is 0. The first-order valence-corrected chi connectivity index (χ1v) is 13.9. The van der Waals surface area contributed by atoms with Crippen LogP contribution in [0.3, 0.4) is 0 Å². The standard InChI is InChI=1S/C38H25N3/c1-25-22-26(24-39)18-20-33(25)41-35-16-8-6-13-31(35)38-29(14-9-17-37(38)41)27-19-21-36-32(23-27)30-12-5-7-15-34(30)40(36)28-10-3-2-4-11-28/h2-23H,1H3. The van der Waals surface area contributed by atoms with E-state index in [4.69, 9.17) is 0 Å². The Morgan fingerprint density at radius 2 is 1.22 bits per heavy atom. The average Bonchev–Trinajstić information content (AvgIpc) is 3.54. The van der Waals surface area contributed by atoms with Crippen molar-refractivity contribution in [1.82, 2.24) is 9.13 Å². The van der Waals surface area contributed by atoms with Crippen LogP contribution in [0.25, 0.3) is 66.1 Å². The number of hydrogen-bond donors (Lipinski definition) is 0. The molecule has 2 aromatic heterocycles. The highest BCUT2D eigenvalue weighted by molar-refractivity contribution is 6.17. The first kappa shape index (κ1) is 23.3. The number of aromatic nitrogens is 2. The lowest BCUT2D eigenvalue weighted by Crippen LogP contribution is -1.97. The molecule has 41 heavy (non-hydrogen) atoms. The Kier molecular flexibility index (Phi) is 5.10. The van der Waals surface area contributed by atoms with Gasteiger partial charge < -0.3 is 9.13 Å². The summed E-state index contributed by atoms with van der Waals surface area (Å²) in [7, 11) is 0. The molecule has 0 aliphatic carbocycles. The minimum atomic E-state index is 0.677. The smallest absolute Gasteiger partial charge is 0.0991 e. The van der Waals surface area contributed by atoms with Crippen molar-refractivity contribution in [1.29, 1.82) is 5.26 Å². The quantitative estimate of drug-likeness (QED) is 0.227. The summed E-state index contributed by atoms with van der Waals surface area (Å²) in [6, 6.07) is 49.6. The molecule has 0 bridgehead atoms. The average molecular weight is 524 g/mol. The zero-order chi connectivity index (χ0) is 27.5. The van der Waals surface area contributed by atoms with E-state index in [9.17, 15) is 5.26 Å². The van der Waals surface area contributed by atoms with Crippen molar-refractivity contribution in [3.05, 3.63) is 145 Å². The van der Waals surface area contributed by atoms with Gasteiger partial charge in [-0.25, -0.2) is 0 Å². The number of benzene rings is 6. The van der Waals surface area contributed by atoms with Gasteiger partial charge in [0.25, 0.3) is 0 Å². The van der Waals surface area contributed by atoms with E-state index in [1.807, 2.05) is 12.1 Å². The predicted octanol–water partition coefficient (Wildman–Crippen LogP) is 9.73. The Morgan fingerprint density at radius 1 is 0.537 bits per heavy atom. The summed E-state index contributed by atoms with van der Waals surface area (Å²) in [5.74, 6) is 0. The molecule has 8 aromatic rings. The van der Waals surface area contributed by atoms with Crippen LogP contribution in [0.1, 0.15) is 11.1 Å². The van der Waals surface area contributed by atoms with Crippen LogP contribution in [0, 0.1) is 18.3 Å². The highest BCUT2D eigenvalue weighted by Gasteiger charge is 2.18. The molecule has 0 fully saturated rings. The minimum absolute atomic E-state index is 0.677. The van der Waals surface area contributed by atoms with E-state index in [1.165, 1.54) is 43.7 Å². The zero-order valence-corrected chi connectivity index (χ0v) is 22.5. The maximum Gasteiger partial charge on any atom is 0.0991 e. The molecule has 0 aliphatic rings. The summed E-state index contributed by atoms with van der Waals surface area (Å²) < 4.78 is 4.69. The molecule has 0 amide bonds. The SMILES string of the molecule is Cc1cc(C#N)ccc1-n1c2ccccc2c2c(-c3ccc4c(c3)c3ccccc3n4-c3ccccc3)cccc21. The maximum absolute atomic E-state index is 9.44. The maximum atomic E-state index is 9.44. The van der Waals surface area contributed by atoms with Gasteiger partial charge in [-0.2, -0.15) is 5.26 Å². The molecule has 0 aliphatic heterocycles. The Labute approximate surface area is 237 Å². The number of para-hydroxylation sites is 3. The van der Waals surface area contributed by atoms with Gasteiger partial charge in [0.05, 0.1) is 33.7 Å². The molecule has 8 rings (SSSR count). The lowest BCUT2D eigenvalue weighted by Gasteiger charge is -2.12. The highest BCUT2D eigenvalue weighted by Crippen LogP contribution is 2.41. The van der Waals surface area contributed by atoms with Crippen LogP contribution in [-0.4, -0.2) is 9.13 Å². The second-order valence-electron chi connectivity index (χ2n) is 10.6. The summed E-state index contributed by atoms with van der Waals surface area (Å²) in [5.41, 5.74) is 11.1. The molecule has 0 spiro atoms. The van der Waals surface area contributed by atoms with Crippen molar-refractivity contribution >= 4 is 43.6 Å². The monoisotopic (exact) mass is 523 g/mol. The van der Waals surface area contributed by atoms with Crippen molar-refractivity contribution in [2.45, 2.75) is 6.92 Å². The van der Waals surface area contributed by atoms with Gasteiger partial charge >= 0.3 is 0 Å². The Morgan fingerprint density at radius 3 is 2.00 bits per heavy atom. The van der Waals surface area contributed by atoms with Gasteiger partial charge in [-0.15, -0.1) is 0 Å². The fraction of sp³-hybridized carbons (Fsp3) is 0.0263. The molecule has 0 unspecified atom stereocenters. The molecular formula is C38H25N3. The Hall–Kier alpha value is -5.59. The fourth-order valence-electron chi connectivity index (χ4n) is 6.49. The number of nitrogens with zero attached hydrogens (tertiary/aromatic N) is 3. The lowest BCUT2D eigenvalue weighted by molar-refractivity contribution is 1.15. The summed E-state index contributed by atoms with van der Waals surface area (Å²) in [6.45, 7) is 2.08. The van der Waals surface area contributed by atoms with Gasteiger partial charge in [0.15, 0.2) is 0 Å². The molecule has 0 N–H and O–H groups in total. The van der Waals surface area contributed by atoms with Crippen LogP contribution in [0.5, 0.6) is 0 Å². The minimum Gasteiger partial charge on any atom is -0.309 e.